The molecule has 0 saturated heterocycles. The molecule has 0 aliphatic rings. The number of halogens is 1. The Morgan fingerprint density at radius 2 is 1.83 bits per heavy atom. The van der Waals surface area contributed by atoms with Crippen LogP contribution in [0.15, 0.2) is 47.0 Å². The highest BCUT2D eigenvalue weighted by atomic mass is 35.5. The summed E-state index contributed by atoms with van der Waals surface area (Å²) in [7, 11) is 0. The second kappa shape index (κ2) is 5.70. The molecule has 5 heteroatoms. The number of anilines is 1. The highest BCUT2D eigenvalue weighted by Crippen LogP contribution is 2.26. The van der Waals surface area contributed by atoms with Gasteiger partial charge in [-0.05, 0) is 35.2 Å². The van der Waals surface area contributed by atoms with Gasteiger partial charge in [0.05, 0.1) is 5.39 Å². The zero-order valence-corrected chi connectivity index (χ0v) is 13.9. The molecule has 0 aliphatic heterocycles. The molecule has 3 rings (SSSR count). The van der Waals surface area contributed by atoms with E-state index in [1.807, 2.05) is 24.3 Å². The average molecular weight is 329 g/mol. The largest absolute Gasteiger partial charge is 0.354 e. The van der Waals surface area contributed by atoms with Crippen molar-refractivity contribution in [1.29, 1.82) is 0 Å². The van der Waals surface area contributed by atoms with Crippen molar-refractivity contribution in [3.8, 4) is 0 Å². The number of carbonyl (C=O) groups excluding carboxylic acids is 1. The Labute approximate surface area is 139 Å². The number of hydrogen-bond acceptors (Lipinski definition) is 3. The fourth-order valence-corrected chi connectivity index (χ4v) is 2.46. The molecule has 23 heavy (non-hydrogen) atoms. The van der Waals surface area contributed by atoms with Crippen molar-refractivity contribution in [1.82, 2.24) is 5.16 Å². The molecule has 0 radical (unpaired) electrons. The molecule has 0 atom stereocenters. The molecule has 1 heterocycles. The van der Waals surface area contributed by atoms with E-state index in [9.17, 15) is 4.79 Å². The van der Waals surface area contributed by atoms with Crippen molar-refractivity contribution < 1.29 is 9.32 Å². The van der Waals surface area contributed by atoms with Gasteiger partial charge in [0.2, 0.25) is 0 Å². The maximum atomic E-state index is 12.4. The van der Waals surface area contributed by atoms with Crippen LogP contribution in [0, 0.1) is 0 Å². The van der Waals surface area contributed by atoms with E-state index in [0.29, 0.717) is 27.4 Å². The van der Waals surface area contributed by atoms with Crippen molar-refractivity contribution in [2.75, 3.05) is 5.32 Å². The summed E-state index contributed by atoms with van der Waals surface area (Å²) < 4.78 is 5.18. The monoisotopic (exact) mass is 328 g/mol. The lowest BCUT2D eigenvalue weighted by Gasteiger charge is -2.18. The fraction of sp³-hybridized carbons (Fsp3) is 0.222. The van der Waals surface area contributed by atoms with Crippen molar-refractivity contribution in [3.63, 3.8) is 0 Å². The van der Waals surface area contributed by atoms with E-state index in [-0.39, 0.29) is 11.3 Å². The molecule has 0 fully saturated rings. The van der Waals surface area contributed by atoms with Crippen molar-refractivity contribution in [2.24, 2.45) is 0 Å². The molecule has 4 nitrogen and oxygen atoms in total. The summed E-state index contributed by atoms with van der Waals surface area (Å²) in [6.45, 7) is 6.40. The number of fused-ring (bicyclic) bond motifs is 1. The highest BCUT2D eigenvalue weighted by molar-refractivity contribution is 6.31. The van der Waals surface area contributed by atoms with Gasteiger partial charge in [-0.2, -0.15) is 0 Å². The molecule has 0 unspecified atom stereocenters. The average Bonchev–Trinajstić information content (AvgIpc) is 2.88. The van der Waals surface area contributed by atoms with E-state index < -0.39 is 0 Å². The van der Waals surface area contributed by atoms with Crippen molar-refractivity contribution in [3.05, 3.63) is 58.6 Å². The Bertz CT molecular complexity index is 861. The summed E-state index contributed by atoms with van der Waals surface area (Å²) in [5, 5.41) is 7.94. The molecule has 0 bridgehead atoms. The molecule has 0 aliphatic carbocycles. The summed E-state index contributed by atoms with van der Waals surface area (Å²) in [6, 6.07) is 12.7. The van der Waals surface area contributed by atoms with Crippen LogP contribution in [0.3, 0.4) is 0 Å². The van der Waals surface area contributed by atoms with Crippen LogP contribution in [0.4, 0.5) is 5.82 Å². The number of benzene rings is 2. The summed E-state index contributed by atoms with van der Waals surface area (Å²) in [5.41, 5.74) is 2.34. The van der Waals surface area contributed by atoms with Crippen LogP contribution in [-0.2, 0) is 5.41 Å². The molecule has 1 N–H and O–H groups in total. The predicted molar refractivity (Wildman–Crippen MR) is 92.1 cm³/mol. The van der Waals surface area contributed by atoms with Crippen LogP contribution in [0.25, 0.3) is 11.0 Å². The summed E-state index contributed by atoms with van der Waals surface area (Å²) in [6.07, 6.45) is 0. The maximum Gasteiger partial charge on any atom is 0.256 e. The van der Waals surface area contributed by atoms with E-state index in [0.717, 1.165) is 0 Å². The standard InChI is InChI=1S/C18H17ClN2O2/c1-18(2,3)12-6-4-11(5-7-12)17(22)20-16-14-9-8-13(19)10-15(14)23-21-16/h4-10H,1-3H3,(H,20,21,22). The van der Waals surface area contributed by atoms with Gasteiger partial charge in [0.25, 0.3) is 5.91 Å². The minimum atomic E-state index is -0.226. The quantitative estimate of drug-likeness (QED) is 0.717. The molecule has 0 saturated carbocycles. The van der Waals surface area contributed by atoms with Gasteiger partial charge in [-0.25, -0.2) is 0 Å². The van der Waals surface area contributed by atoms with Crippen LogP contribution in [0.1, 0.15) is 36.7 Å². The lowest BCUT2D eigenvalue weighted by molar-refractivity contribution is 0.102. The van der Waals surface area contributed by atoms with Gasteiger partial charge < -0.3 is 9.84 Å². The summed E-state index contributed by atoms with van der Waals surface area (Å²) >= 11 is 5.91. The van der Waals surface area contributed by atoms with Gasteiger partial charge in [-0.3, -0.25) is 4.79 Å². The number of nitrogens with zero attached hydrogens (tertiary/aromatic N) is 1. The third kappa shape index (κ3) is 3.22. The third-order valence-corrected chi connectivity index (χ3v) is 3.91. The first-order chi connectivity index (χ1) is 10.8. The Kier molecular flexibility index (Phi) is 3.86. The normalized spacial score (nSPS) is 11.7. The van der Waals surface area contributed by atoms with Gasteiger partial charge >= 0.3 is 0 Å². The first-order valence-electron chi connectivity index (χ1n) is 7.31. The number of rotatable bonds is 2. The van der Waals surface area contributed by atoms with Crippen LogP contribution in [0.5, 0.6) is 0 Å². The van der Waals surface area contributed by atoms with Gasteiger partial charge in [0, 0.05) is 16.7 Å². The lowest BCUT2D eigenvalue weighted by Crippen LogP contribution is -2.14. The number of aromatic nitrogens is 1. The van der Waals surface area contributed by atoms with E-state index in [1.54, 1.807) is 18.2 Å². The maximum absolute atomic E-state index is 12.4. The Morgan fingerprint density at radius 3 is 2.48 bits per heavy atom. The molecular weight excluding hydrogens is 312 g/mol. The first kappa shape index (κ1) is 15.6. The predicted octanol–water partition coefficient (Wildman–Crippen LogP) is 5.03. The van der Waals surface area contributed by atoms with Crippen molar-refractivity contribution >= 4 is 34.3 Å². The Balaban J connectivity index is 1.83. The Hall–Kier alpha value is -2.33. The number of nitrogens with one attached hydrogen (secondary N) is 1. The van der Waals surface area contributed by atoms with Crippen molar-refractivity contribution in [2.45, 2.75) is 26.2 Å². The van der Waals surface area contributed by atoms with E-state index in [1.165, 1.54) is 5.56 Å². The van der Waals surface area contributed by atoms with Crippen LogP contribution >= 0.6 is 11.6 Å². The molecular formula is C18H17ClN2O2. The SMILES string of the molecule is CC(C)(C)c1ccc(C(=O)Nc2noc3cc(Cl)ccc23)cc1. The molecule has 1 amide bonds. The minimum Gasteiger partial charge on any atom is -0.354 e. The number of hydrogen-bond donors (Lipinski definition) is 1. The van der Waals surface area contributed by atoms with Crippen LogP contribution in [0.2, 0.25) is 5.02 Å². The highest BCUT2D eigenvalue weighted by Gasteiger charge is 2.16. The molecule has 2 aromatic carbocycles. The third-order valence-electron chi connectivity index (χ3n) is 3.68. The van der Waals surface area contributed by atoms with Gasteiger partial charge in [-0.1, -0.05) is 49.7 Å². The lowest BCUT2D eigenvalue weighted by atomic mass is 9.87. The number of carbonyl (C=O) groups is 1. The Morgan fingerprint density at radius 1 is 1.13 bits per heavy atom. The number of amides is 1. The second-order valence-corrected chi connectivity index (χ2v) is 6.89. The second-order valence-electron chi connectivity index (χ2n) is 6.45. The van der Waals surface area contributed by atoms with E-state index in [4.69, 9.17) is 16.1 Å². The van der Waals surface area contributed by atoms with Gasteiger partial charge in [0.15, 0.2) is 11.4 Å². The topological polar surface area (TPSA) is 55.1 Å². The van der Waals surface area contributed by atoms with E-state index >= 15 is 0 Å². The van der Waals surface area contributed by atoms with Crippen LogP contribution < -0.4 is 5.32 Å². The van der Waals surface area contributed by atoms with E-state index in [2.05, 4.69) is 31.2 Å². The van der Waals surface area contributed by atoms with Crippen LogP contribution in [-0.4, -0.2) is 11.1 Å². The zero-order valence-electron chi connectivity index (χ0n) is 13.2. The minimum absolute atomic E-state index is 0.0522. The van der Waals surface area contributed by atoms with Gasteiger partial charge in [0.1, 0.15) is 0 Å². The van der Waals surface area contributed by atoms with Gasteiger partial charge in [-0.15, -0.1) is 0 Å². The summed E-state index contributed by atoms with van der Waals surface area (Å²) in [4.78, 5) is 12.4. The molecule has 1 aromatic heterocycles. The first-order valence-corrected chi connectivity index (χ1v) is 7.69. The zero-order chi connectivity index (χ0) is 16.6. The summed E-state index contributed by atoms with van der Waals surface area (Å²) in [5.74, 6) is 0.164. The fourth-order valence-electron chi connectivity index (χ4n) is 2.30. The molecule has 3 aromatic rings. The molecule has 0 spiro atoms. The molecule has 118 valence electrons. The smallest absolute Gasteiger partial charge is 0.256 e.